The molecule has 2 amide bonds. The van der Waals surface area contributed by atoms with Crippen LogP contribution >= 0.6 is 24.0 Å². The number of furan rings is 1. The zero-order valence-corrected chi connectivity index (χ0v) is 19.7. The molecule has 1 aromatic carbocycles. The summed E-state index contributed by atoms with van der Waals surface area (Å²) in [5.74, 6) is -1.07. The number of rotatable bonds is 3. The van der Waals surface area contributed by atoms with Crippen LogP contribution in [-0.2, 0) is 21.7 Å². The van der Waals surface area contributed by atoms with Crippen LogP contribution in [0, 0.1) is 5.82 Å². The van der Waals surface area contributed by atoms with Gasteiger partial charge in [-0.25, -0.2) is 4.39 Å². The molecule has 0 aliphatic carbocycles. The lowest BCUT2D eigenvalue weighted by Gasteiger charge is -2.41. The number of anilines is 1. The SMILES string of the molecule is CN1C[C@H](c2ccccn2)[C@]2(SC(=S)N(Cc3ccco3)C2=O)[C@@]12C(=O)Nc1ccc(F)cc12. The number of halogens is 1. The number of thiocarbonyl (C=S) groups is 1. The molecule has 3 aliphatic heterocycles. The molecule has 0 unspecified atom stereocenters. The third kappa shape index (κ3) is 2.61. The fraction of sp³-hybridized carbons (Fsp3) is 0.250. The highest BCUT2D eigenvalue weighted by Gasteiger charge is 2.78. The van der Waals surface area contributed by atoms with E-state index in [1.807, 2.05) is 17.0 Å². The molecule has 3 atom stereocenters. The van der Waals surface area contributed by atoms with Gasteiger partial charge in [-0.1, -0.05) is 30.0 Å². The summed E-state index contributed by atoms with van der Waals surface area (Å²) in [5.41, 5.74) is 0.119. The molecule has 2 saturated heterocycles. The van der Waals surface area contributed by atoms with Crippen molar-refractivity contribution in [3.8, 4) is 0 Å². The Hall–Kier alpha value is -3.08. The molecule has 7 nitrogen and oxygen atoms in total. The lowest BCUT2D eigenvalue weighted by Crippen LogP contribution is -2.61. The minimum Gasteiger partial charge on any atom is -0.467 e. The van der Waals surface area contributed by atoms with Crippen LogP contribution in [0.15, 0.2) is 65.4 Å². The van der Waals surface area contributed by atoms with Crippen molar-refractivity contribution in [3.05, 3.63) is 83.8 Å². The maximum Gasteiger partial charge on any atom is 0.251 e. The number of aromatic nitrogens is 1. The molecule has 0 bridgehead atoms. The highest BCUT2D eigenvalue weighted by molar-refractivity contribution is 8.25. The third-order valence-corrected chi connectivity index (χ3v) is 8.92. The molecular formula is C24H19FN4O3S2. The van der Waals surface area contributed by atoms with E-state index in [0.29, 0.717) is 33.6 Å². The Morgan fingerprint density at radius 3 is 2.85 bits per heavy atom. The zero-order chi connectivity index (χ0) is 23.7. The van der Waals surface area contributed by atoms with Crippen molar-refractivity contribution in [2.75, 3.05) is 18.9 Å². The average Bonchev–Trinajstić information content (AvgIpc) is 3.56. The van der Waals surface area contributed by atoms with Gasteiger partial charge in [-0.05, 0) is 49.5 Å². The quantitative estimate of drug-likeness (QED) is 0.559. The van der Waals surface area contributed by atoms with Crippen LogP contribution in [0.4, 0.5) is 10.1 Å². The predicted octanol–water partition coefficient (Wildman–Crippen LogP) is 3.49. The lowest BCUT2D eigenvalue weighted by molar-refractivity contribution is -0.138. The van der Waals surface area contributed by atoms with Crippen molar-refractivity contribution in [2.24, 2.45) is 0 Å². The Morgan fingerprint density at radius 1 is 1.26 bits per heavy atom. The van der Waals surface area contributed by atoms with Crippen molar-refractivity contribution in [2.45, 2.75) is 22.7 Å². The van der Waals surface area contributed by atoms with Gasteiger partial charge in [0.15, 0.2) is 5.54 Å². The van der Waals surface area contributed by atoms with Gasteiger partial charge >= 0.3 is 0 Å². The molecule has 5 heterocycles. The first-order valence-corrected chi connectivity index (χ1v) is 11.9. The number of likely N-dealkylation sites (N-methyl/N-ethyl adjacent to an activating group) is 1. The molecule has 0 radical (unpaired) electrons. The van der Waals surface area contributed by atoms with E-state index < -0.39 is 22.0 Å². The Bertz CT molecular complexity index is 1340. The predicted molar refractivity (Wildman–Crippen MR) is 128 cm³/mol. The van der Waals surface area contributed by atoms with Gasteiger partial charge in [-0.15, -0.1) is 0 Å². The maximum atomic E-state index is 14.5. The molecule has 2 spiro atoms. The number of likely N-dealkylation sites (tertiary alicyclic amines) is 1. The monoisotopic (exact) mass is 494 g/mol. The lowest BCUT2D eigenvalue weighted by atomic mass is 9.73. The minimum atomic E-state index is -1.48. The van der Waals surface area contributed by atoms with E-state index in [1.54, 1.807) is 31.4 Å². The highest BCUT2D eigenvalue weighted by Crippen LogP contribution is 2.65. The maximum absolute atomic E-state index is 14.5. The summed E-state index contributed by atoms with van der Waals surface area (Å²) in [4.78, 5) is 36.2. The number of amides is 2. The van der Waals surface area contributed by atoms with Gasteiger partial charge in [0.25, 0.3) is 5.91 Å². The summed E-state index contributed by atoms with van der Waals surface area (Å²) in [5, 5.41) is 2.89. The second-order valence-electron chi connectivity index (χ2n) is 8.62. The number of carbonyl (C=O) groups is 2. The number of carbonyl (C=O) groups excluding carboxylic acids is 2. The first-order chi connectivity index (χ1) is 16.4. The van der Waals surface area contributed by atoms with E-state index in [1.165, 1.54) is 41.1 Å². The van der Waals surface area contributed by atoms with E-state index in [4.69, 9.17) is 16.6 Å². The zero-order valence-electron chi connectivity index (χ0n) is 18.0. The van der Waals surface area contributed by atoms with Gasteiger partial charge in [0.05, 0.1) is 12.8 Å². The third-order valence-electron chi connectivity index (χ3n) is 6.98. The number of nitrogens with zero attached hydrogens (tertiary/aromatic N) is 3. The van der Waals surface area contributed by atoms with E-state index in [2.05, 4.69) is 10.3 Å². The van der Waals surface area contributed by atoms with Crippen LogP contribution in [0.1, 0.15) is 22.9 Å². The Balaban J connectivity index is 1.60. The van der Waals surface area contributed by atoms with Crippen LogP contribution in [0.2, 0.25) is 0 Å². The van der Waals surface area contributed by atoms with Crippen LogP contribution in [-0.4, -0.2) is 49.3 Å². The van der Waals surface area contributed by atoms with Crippen LogP contribution in [0.25, 0.3) is 0 Å². The molecule has 1 N–H and O–H groups in total. The molecule has 34 heavy (non-hydrogen) atoms. The van der Waals surface area contributed by atoms with Gasteiger partial charge < -0.3 is 9.73 Å². The van der Waals surface area contributed by atoms with Crippen LogP contribution < -0.4 is 5.32 Å². The summed E-state index contributed by atoms with van der Waals surface area (Å²) in [6, 6.07) is 13.2. The first-order valence-electron chi connectivity index (χ1n) is 10.7. The second kappa shape index (κ2) is 7.46. The molecular weight excluding hydrogens is 475 g/mol. The molecule has 2 aromatic heterocycles. The summed E-state index contributed by atoms with van der Waals surface area (Å²) >= 11 is 6.90. The van der Waals surface area contributed by atoms with E-state index in [-0.39, 0.29) is 18.4 Å². The molecule has 10 heteroatoms. The van der Waals surface area contributed by atoms with Crippen LogP contribution in [0.5, 0.6) is 0 Å². The molecule has 2 fully saturated rings. The largest absolute Gasteiger partial charge is 0.467 e. The molecule has 3 aromatic rings. The van der Waals surface area contributed by atoms with Gasteiger partial charge in [-0.3, -0.25) is 24.4 Å². The average molecular weight is 495 g/mol. The van der Waals surface area contributed by atoms with Gasteiger partial charge in [0.1, 0.15) is 20.6 Å². The van der Waals surface area contributed by atoms with E-state index in [0.717, 1.165) is 0 Å². The fourth-order valence-electron chi connectivity index (χ4n) is 5.63. The number of pyridine rings is 1. The molecule has 0 saturated carbocycles. The van der Waals surface area contributed by atoms with E-state index in [9.17, 15) is 14.0 Å². The first kappa shape index (κ1) is 21.5. The molecule has 6 rings (SSSR count). The number of thioether (sulfide) groups is 1. The van der Waals surface area contributed by atoms with Crippen LogP contribution in [0.3, 0.4) is 0 Å². The van der Waals surface area contributed by atoms with Gasteiger partial charge in [0.2, 0.25) is 5.91 Å². The number of benzene rings is 1. The normalized spacial score (nSPS) is 28.4. The Morgan fingerprint density at radius 2 is 2.12 bits per heavy atom. The van der Waals surface area contributed by atoms with Crippen molar-refractivity contribution in [1.29, 1.82) is 0 Å². The summed E-state index contributed by atoms with van der Waals surface area (Å²) < 4.78 is 19.0. The number of nitrogens with one attached hydrogen (secondary N) is 1. The summed E-state index contributed by atoms with van der Waals surface area (Å²) in [6.45, 7) is 0.502. The smallest absolute Gasteiger partial charge is 0.251 e. The van der Waals surface area contributed by atoms with Crippen molar-refractivity contribution in [3.63, 3.8) is 0 Å². The number of fused-ring (bicyclic) bond motifs is 3. The topological polar surface area (TPSA) is 78.7 Å². The highest BCUT2D eigenvalue weighted by atomic mass is 32.2. The van der Waals surface area contributed by atoms with Crippen molar-refractivity contribution >= 4 is 45.8 Å². The van der Waals surface area contributed by atoms with E-state index >= 15 is 0 Å². The number of hydrogen-bond acceptors (Lipinski definition) is 7. The summed E-state index contributed by atoms with van der Waals surface area (Å²) in [7, 11) is 1.79. The minimum absolute atomic E-state index is 0.145. The number of hydrogen-bond donors (Lipinski definition) is 1. The standard InChI is InChI=1S/C24H19FN4O3S2/c1-28-13-17(18-6-2-3-9-26-18)24(21(31)29(22(33)34-24)12-15-5-4-10-32-15)23(28)16-11-14(25)7-8-19(16)27-20(23)30/h2-11,17H,12-13H2,1H3,(H,27,30)/t17-,23-,24-/m1/s1. The fourth-order valence-corrected chi connectivity index (χ4v) is 7.75. The molecule has 172 valence electrons. The Labute approximate surface area is 204 Å². The van der Waals surface area contributed by atoms with Crippen molar-refractivity contribution in [1.82, 2.24) is 14.8 Å². The van der Waals surface area contributed by atoms with Gasteiger partial charge in [-0.2, -0.15) is 0 Å². The van der Waals surface area contributed by atoms with Crippen molar-refractivity contribution < 1.29 is 18.4 Å². The summed E-state index contributed by atoms with van der Waals surface area (Å²) in [6.07, 6.45) is 3.20. The second-order valence-corrected chi connectivity index (χ2v) is 10.5. The molecule has 3 aliphatic rings. The Kier molecular flexibility index (Phi) is 4.71. The van der Waals surface area contributed by atoms with Gasteiger partial charge in [0, 0.05) is 35.6 Å².